The molecule has 1 saturated carbocycles. The number of fused-ring (bicyclic) bond motifs is 5. The van der Waals surface area contributed by atoms with Gasteiger partial charge >= 0.3 is 0 Å². The van der Waals surface area contributed by atoms with Crippen molar-refractivity contribution in [3.8, 4) is 0 Å². The number of carbonyl (C=O) groups excluding carboxylic acids is 3. The van der Waals surface area contributed by atoms with Gasteiger partial charge in [0.25, 0.3) is 0 Å². The number of nitrogens with zero attached hydrogens (tertiary/aromatic N) is 3. The molecule has 8 heteroatoms. The summed E-state index contributed by atoms with van der Waals surface area (Å²) in [5, 5.41) is 11.9. The fraction of sp³-hybridized carbons (Fsp3) is 0.588. The van der Waals surface area contributed by atoms with E-state index in [1.54, 1.807) is 0 Å². The molecule has 1 aliphatic heterocycles. The largest absolute Gasteiger partial charge is 0.299 e. The standard InChI is InChI=1S/C17H20N4O3S/c1-17(2,3)15-19-20-16(25-15)18-10(22)7-21-13(23)11-8-4-5-9(6-8)12(11)14(21)24/h4-5,8-9,11-12H,6-7H2,1-3H3,(H,18,20,22)/t8-,9-,11-,12+/m0/s1. The number of rotatable bonds is 3. The molecule has 7 nitrogen and oxygen atoms in total. The molecule has 4 atom stereocenters. The maximum absolute atomic E-state index is 12.6. The molecule has 1 saturated heterocycles. The molecule has 0 radical (unpaired) electrons. The molecule has 2 fully saturated rings. The lowest BCUT2D eigenvalue weighted by Crippen LogP contribution is -2.39. The second kappa shape index (κ2) is 5.45. The summed E-state index contributed by atoms with van der Waals surface area (Å²) in [4.78, 5) is 38.5. The van der Waals surface area contributed by atoms with E-state index in [1.807, 2.05) is 32.9 Å². The Hall–Kier alpha value is -2.09. The number of anilines is 1. The van der Waals surface area contributed by atoms with Gasteiger partial charge in [-0.3, -0.25) is 24.6 Å². The number of hydrogen-bond donors (Lipinski definition) is 1. The first-order valence-electron chi connectivity index (χ1n) is 8.43. The van der Waals surface area contributed by atoms with Gasteiger partial charge in [-0.15, -0.1) is 10.2 Å². The Morgan fingerprint density at radius 2 is 1.80 bits per heavy atom. The van der Waals surface area contributed by atoms with Crippen molar-refractivity contribution < 1.29 is 14.4 Å². The molecule has 0 aromatic carbocycles. The van der Waals surface area contributed by atoms with Crippen LogP contribution in [0.5, 0.6) is 0 Å². The average Bonchev–Trinajstić information content (AvgIpc) is 3.27. The monoisotopic (exact) mass is 360 g/mol. The van der Waals surface area contributed by atoms with Gasteiger partial charge in [0.15, 0.2) is 0 Å². The quantitative estimate of drug-likeness (QED) is 0.653. The fourth-order valence-electron chi connectivity index (χ4n) is 4.00. The van der Waals surface area contributed by atoms with Crippen LogP contribution in [-0.2, 0) is 19.8 Å². The van der Waals surface area contributed by atoms with E-state index in [1.165, 1.54) is 11.3 Å². The minimum absolute atomic E-state index is 0.148. The molecule has 2 aliphatic carbocycles. The first kappa shape index (κ1) is 16.4. The molecule has 1 aromatic rings. The topological polar surface area (TPSA) is 92.3 Å². The predicted octanol–water partition coefficient (Wildman–Crippen LogP) is 1.58. The van der Waals surface area contributed by atoms with Crippen LogP contribution in [0.15, 0.2) is 12.2 Å². The highest BCUT2D eigenvalue weighted by Gasteiger charge is 2.59. The lowest BCUT2D eigenvalue weighted by molar-refractivity contribution is -0.143. The lowest BCUT2D eigenvalue weighted by Gasteiger charge is -2.16. The van der Waals surface area contributed by atoms with E-state index in [0.29, 0.717) is 5.13 Å². The van der Waals surface area contributed by atoms with Crippen molar-refractivity contribution in [3.05, 3.63) is 17.2 Å². The molecule has 3 aliphatic rings. The summed E-state index contributed by atoms with van der Waals surface area (Å²) in [5.41, 5.74) is -0.148. The van der Waals surface area contributed by atoms with Crippen molar-refractivity contribution in [1.29, 1.82) is 0 Å². The lowest BCUT2D eigenvalue weighted by atomic mass is 9.85. The summed E-state index contributed by atoms with van der Waals surface area (Å²) in [7, 11) is 0. The Balaban J connectivity index is 1.43. The van der Waals surface area contributed by atoms with Crippen molar-refractivity contribution in [2.45, 2.75) is 32.6 Å². The van der Waals surface area contributed by atoms with Gasteiger partial charge in [-0.2, -0.15) is 0 Å². The SMILES string of the molecule is CC(C)(C)c1nnc(NC(=O)CN2C(=O)[C@@H]3[C@H](C2=O)[C@H]2C=C[C@H]3C2)s1. The van der Waals surface area contributed by atoms with E-state index in [-0.39, 0.29) is 47.4 Å². The van der Waals surface area contributed by atoms with Gasteiger partial charge in [0.1, 0.15) is 11.6 Å². The van der Waals surface area contributed by atoms with Crippen LogP contribution in [0, 0.1) is 23.7 Å². The third-order valence-electron chi connectivity index (χ3n) is 5.18. The molecule has 0 spiro atoms. The van der Waals surface area contributed by atoms with Crippen LogP contribution < -0.4 is 5.32 Å². The zero-order valence-electron chi connectivity index (χ0n) is 14.4. The first-order chi connectivity index (χ1) is 11.8. The number of aromatic nitrogens is 2. The molecule has 2 heterocycles. The molecule has 1 N–H and O–H groups in total. The van der Waals surface area contributed by atoms with E-state index in [2.05, 4.69) is 15.5 Å². The summed E-state index contributed by atoms with van der Waals surface area (Å²) in [6.07, 6.45) is 4.96. The summed E-state index contributed by atoms with van der Waals surface area (Å²) >= 11 is 1.30. The van der Waals surface area contributed by atoms with Crippen molar-refractivity contribution in [3.63, 3.8) is 0 Å². The van der Waals surface area contributed by atoms with Crippen molar-refractivity contribution in [2.75, 3.05) is 11.9 Å². The second-order valence-electron chi connectivity index (χ2n) is 7.97. The highest BCUT2D eigenvalue weighted by atomic mass is 32.1. The number of amides is 3. The number of nitrogens with one attached hydrogen (secondary N) is 1. The van der Waals surface area contributed by atoms with E-state index in [4.69, 9.17) is 0 Å². The van der Waals surface area contributed by atoms with Gasteiger partial charge in [0, 0.05) is 5.41 Å². The Labute approximate surface area is 149 Å². The van der Waals surface area contributed by atoms with Crippen LogP contribution in [-0.4, -0.2) is 39.4 Å². The maximum atomic E-state index is 12.6. The van der Waals surface area contributed by atoms with Crippen LogP contribution >= 0.6 is 11.3 Å². The predicted molar refractivity (Wildman–Crippen MR) is 91.7 cm³/mol. The van der Waals surface area contributed by atoms with Crippen LogP contribution in [0.4, 0.5) is 5.13 Å². The molecule has 3 amide bonds. The van der Waals surface area contributed by atoms with Gasteiger partial charge in [-0.05, 0) is 18.3 Å². The fourth-order valence-corrected chi connectivity index (χ4v) is 4.82. The number of allylic oxidation sites excluding steroid dienone is 2. The van der Waals surface area contributed by atoms with Crippen LogP contribution in [0.2, 0.25) is 0 Å². The van der Waals surface area contributed by atoms with Crippen LogP contribution in [0.3, 0.4) is 0 Å². The van der Waals surface area contributed by atoms with E-state index < -0.39 is 5.91 Å². The van der Waals surface area contributed by atoms with Crippen LogP contribution in [0.25, 0.3) is 0 Å². The summed E-state index contributed by atoms with van der Waals surface area (Å²) in [6.45, 7) is 5.79. The van der Waals surface area contributed by atoms with Crippen LogP contribution in [0.1, 0.15) is 32.2 Å². The van der Waals surface area contributed by atoms with Gasteiger partial charge in [0.2, 0.25) is 22.9 Å². The zero-order valence-corrected chi connectivity index (χ0v) is 15.2. The van der Waals surface area contributed by atoms with E-state index >= 15 is 0 Å². The highest BCUT2D eigenvalue weighted by Crippen LogP contribution is 2.52. The first-order valence-corrected chi connectivity index (χ1v) is 9.25. The number of carbonyl (C=O) groups is 3. The smallest absolute Gasteiger partial charge is 0.246 e. The molecule has 132 valence electrons. The van der Waals surface area contributed by atoms with Gasteiger partial charge in [0.05, 0.1) is 11.8 Å². The second-order valence-corrected chi connectivity index (χ2v) is 8.95. The Bertz CT molecular complexity index is 764. The maximum Gasteiger partial charge on any atom is 0.246 e. The number of imide groups is 1. The third kappa shape index (κ3) is 2.59. The summed E-state index contributed by atoms with van der Waals surface area (Å²) in [5.74, 6) is -1.09. The minimum Gasteiger partial charge on any atom is -0.299 e. The van der Waals surface area contributed by atoms with Crippen molar-refractivity contribution >= 4 is 34.2 Å². The molecular weight excluding hydrogens is 340 g/mol. The number of hydrogen-bond acceptors (Lipinski definition) is 6. The Morgan fingerprint density at radius 1 is 1.20 bits per heavy atom. The normalized spacial score (nSPS) is 30.3. The minimum atomic E-state index is -0.418. The third-order valence-corrected chi connectivity index (χ3v) is 6.44. The van der Waals surface area contributed by atoms with Crippen molar-refractivity contribution in [2.24, 2.45) is 23.7 Å². The number of likely N-dealkylation sites (tertiary alicyclic amines) is 1. The van der Waals surface area contributed by atoms with E-state index in [0.717, 1.165) is 16.3 Å². The van der Waals surface area contributed by atoms with Gasteiger partial charge in [-0.1, -0.05) is 44.3 Å². The van der Waals surface area contributed by atoms with Crippen molar-refractivity contribution in [1.82, 2.24) is 15.1 Å². The molecule has 2 bridgehead atoms. The molecular formula is C17H20N4O3S. The molecule has 4 rings (SSSR count). The zero-order chi connectivity index (χ0) is 17.9. The Morgan fingerprint density at radius 3 is 2.32 bits per heavy atom. The average molecular weight is 360 g/mol. The molecule has 25 heavy (non-hydrogen) atoms. The Kier molecular flexibility index (Phi) is 3.57. The van der Waals surface area contributed by atoms with Gasteiger partial charge < -0.3 is 0 Å². The molecule has 1 aromatic heterocycles. The van der Waals surface area contributed by atoms with Gasteiger partial charge in [-0.25, -0.2) is 0 Å². The summed E-state index contributed by atoms with van der Waals surface area (Å²) < 4.78 is 0. The summed E-state index contributed by atoms with van der Waals surface area (Å²) in [6, 6.07) is 0. The van der Waals surface area contributed by atoms with E-state index in [9.17, 15) is 14.4 Å². The molecule has 0 unspecified atom stereocenters. The highest BCUT2D eigenvalue weighted by molar-refractivity contribution is 7.15.